The molecule has 0 saturated heterocycles. The quantitative estimate of drug-likeness (QED) is 0.701. The van der Waals surface area contributed by atoms with Crippen LogP contribution < -0.4 is 20.8 Å². The van der Waals surface area contributed by atoms with Crippen molar-refractivity contribution in [2.45, 2.75) is 6.54 Å². The topological polar surface area (TPSA) is 89.4 Å². The van der Waals surface area contributed by atoms with Gasteiger partial charge in [-0.2, -0.15) is 4.98 Å². The molecular weight excluding hydrogens is 332 g/mol. The van der Waals surface area contributed by atoms with E-state index in [1.807, 2.05) is 31.1 Å². The molecule has 136 valence electrons. The molecule has 0 radical (unpaired) electrons. The Morgan fingerprint density at radius 2 is 1.73 bits per heavy atom. The van der Waals surface area contributed by atoms with Gasteiger partial charge in [-0.1, -0.05) is 0 Å². The number of hydroxylamine groups is 1. The van der Waals surface area contributed by atoms with Crippen LogP contribution in [-0.2, 0) is 13.6 Å². The maximum Gasteiger partial charge on any atom is 0.251 e. The van der Waals surface area contributed by atoms with E-state index in [9.17, 15) is 10.0 Å². The van der Waals surface area contributed by atoms with Crippen LogP contribution >= 0.6 is 0 Å². The van der Waals surface area contributed by atoms with E-state index in [-0.39, 0.29) is 12.1 Å². The monoisotopic (exact) mass is 353 g/mol. The summed E-state index contributed by atoms with van der Waals surface area (Å²) in [7, 11) is 7.23. The summed E-state index contributed by atoms with van der Waals surface area (Å²) in [6.45, 7) is 0.0488. The maximum atomic E-state index is 12.6. The molecule has 0 bridgehead atoms. The van der Waals surface area contributed by atoms with Crippen LogP contribution in [0.1, 0.15) is 5.69 Å². The Morgan fingerprint density at radius 3 is 2.35 bits per heavy atom. The lowest BCUT2D eigenvalue weighted by atomic mass is 10.2. The smallest absolute Gasteiger partial charge is 0.251 e. The van der Waals surface area contributed by atoms with Gasteiger partial charge in [0.25, 0.3) is 5.56 Å². The molecule has 8 heteroatoms. The average Bonchev–Trinajstić information content (AvgIpc) is 2.64. The third kappa shape index (κ3) is 3.31. The largest absolute Gasteiger partial charge is 0.758 e. The van der Waals surface area contributed by atoms with Crippen molar-refractivity contribution in [3.05, 3.63) is 57.7 Å². The van der Waals surface area contributed by atoms with Gasteiger partial charge in [0.05, 0.1) is 12.2 Å². The molecule has 26 heavy (non-hydrogen) atoms. The number of anilines is 3. The van der Waals surface area contributed by atoms with Crippen molar-refractivity contribution in [1.82, 2.24) is 14.5 Å². The summed E-state index contributed by atoms with van der Waals surface area (Å²) < 4.78 is 1.45. The Labute approximate surface area is 151 Å². The molecule has 2 heterocycles. The van der Waals surface area contributed by atoms with Crippen molar-refractivity contribution < 1.29 is 0 Å². The molecule has 1 aromatic carbocycles. The summed E-state index contributed by atoms with van der Waals surface area (Å²) in [5.41, 5.74) is 2.44. The van der Waals surface area contributed by atoms with Crippen molar-refractivity contribution in [1.29, 1.82) is 0 Å². The summed E-state index contributed by atoms with van der Waals surface area (Å²) in [4.78, 5) is 22.6. The lowest BCUT2D eigenvalue weighted by molar-refractivity contribution is 0.869. The fourth-order valence-corrected chi connectivity index (χ4v) is 2.68. The zero-order valence-corrected chi connectivity index (χ0v) is 15.2. The van der Waals surface area contributed by atoms with Gasteiger partial charge in [0, 0.05) is 51.0 Å². The minimum Gasteiger partial charge on any atom is -0.758 e. The number of fused-ring (bicyclic) bond motifs is 1. The molecule has 0 atom stereocenters. The highest BCUT2D eigenvalue weighted by atomic mass is 16.5. The maximum absolute atomic E-state index is 12.6. The Morgan fingerprint density at radius 1 is 1.08 bits per heavy atom. The minimum atomic E-state index is -0.164. The molecule has 2 aromatic heterocycles. The van der Waals surface area contributed by atoms with Gasteiger partial charge in [-0.15, -0.1) is 0 Å². The number of aromatic nitrogens is 3. The first-order chi connectivity index (χ1) is 12.4. The Kier molecular flexibility index (Phi) is 4.77. The van der Waals surface area contributed by atoms with Gasteiger partial charge in [-0.25, -0.2) is 4.98 Å². The molecule has 0 fully saturated rings. The molecule has 0 amide bonds. The van der Waals surface area contributed by atoms with E-state index in [1.165, 1.54) is 10.6 Å². The van der Waals surface area contributed by atoms with Crippen LogP contribution in [0.15, 0.2) is 41.2 Å². The van der Waals surface area contributed by atoms with Crippen LogP contribution in [0.2, 0.25) is 0 Å². The third-order valence-electron chi connectivity index (χ3n) is 4.22. The first-order valence-corrected chi connectivity index (χ1v) is 8.17. The SMILES string of the molecule is CNc1nc(CN([O-])c2ccc(N(C)C)cc2)c2ccc(=O)n(C)c2n1. The van der Waals surface area contributed by atoms with E-state index >= 15 is 0 Å². The highest BCUT2D eigenvalue weighted by Crippen LogP contribution is 2.23. The molecule has 0 spiro atoms. The van der Waals surface area contributed by atoms with E-state index in [0.717, 1.165) is 10.8 Å². The van der Waals surface area contributed by atoms with Crippen molar-refractivity contribution in [2.75, 3.05) is 36.4 Å². The van der Waals surface area contributed by atoms with E-state index in [0.29, 0.717) is 28.4 Å². The fourth-order valence-electron chi connectivity index (χ4n) is 2.68. The molecule has 1 N–H and O–H groups in total. The van der Waals surface area contributed by atoms with Crippen LogP contribution in [0.4, 0.5) is 17.3 Å². The lowest BCUT2D eigenvalue weighted by Crippen LogP contribution is -2.20. The Bertz CT molecular complexity index is 981. The first-order valence-electron chi connectivity index (χ1n) is 8.17. The van der Waals surface area contributed by atoms with Gasteiger partial charge in [-0.05, 0) is 30.3 Å². The van der Waals surface area contributed by atoms with E-state index in [1.54, 1.807) is 32.3 Å². The number of nitrogens with one attached hydrogen (secondary N) is 1. The van der Waals surface area contributed by atoms with Crippen LogP contribution in [-0.4, -0.2) is 35.7 Å². The molecule has 8 nitrogen and oxygen atoms in total. The van der Waals surface area contributed by atoms with E-state index < -0.39 is 0 Å². The van der Waals surface area contributed by atoms with Crippen LogP contribution in [0, 0.1) is 5.21 Å². The molecule has 0 aliphatic heterocycles. The van der Waals surface area contributed by atoms with Crippen molar-refractivity contribution in [3.8, 4) is 0 Å². The molecule has 0 aliphatic carbocycles. The summed E-state index contributed by atoms with van der Waals surface area (Å²) >= 11 is 0. The standard InChI is InChI=1S/C18H21N6O2/c1-19-18-20-15(14-9-10-16(25)23(4)17(14)21-18)11-24(26)13-7-5-12(6-8-13)22(2)3/h5-10H,11H2,1-4H3,(H,19,20,21)/q-1. The number of rotatable bonds is 5. The summed E-state index contributed by atoms with van der Waals surface area (Å²) in [5.74, 6) is 0.366. The summed E-state index contributed by atoms with van der Waals surface area (Å²) in [5, 5.41) is 17.1. The fraction of sp³-hybridized carbons (Fsp3) is 0.278. The van der Waals surface area contributed by atoms with E-state index in [4.69, 9.17) is 0 Å². The van der Waals surface area contributed by atoms with Gasteiger partial charge < -0.3 is 20.5 Å². The zero-order valence-electron chi connectivity index (χ0n) is 15.2. The second-order valence-corrected chi connectivity index (χ2v) is 6.16. The number of nitrogens with zero attached hydrogens (tertiary/aromatic N) is 5. The second-order valence-electron chi connectivity index (χ2n) is 6.16. The molecule has 3 rings (SSSR count). The Balaban J connectivity index is 1.99. The first kappa shape index (κ1) is 17.7. The number of aryl methyl sites for hydroxylation is 1. The average molecular weight is 353 g/mol. The van der Waals surface area contributed by atoms with Crippen molar-refractivity contribution in [3.63, 3.8) is 0 Å². The molecule has 0 unspecified atom stereocenters. The minimum absolute atomic E-state index is 0.0488. The Hall–Kier alpha value is -3.13. The van der Waals surface area contributed by atoms with Crippen LogP contribution in [0.5, 0.6) is 0 Å². The van der Waals surface area contributed by atoms with Crippen LogP contribution in [0.25, 0.3) is 11.0 Å². The van der Waals surface area contributed by atoms with Gasteiger partial charge >= 0.3 is 0 Å². The molecule has 0 aliphatic rings. The summed E-state index contributed by atoms with van der Waals surface area (Å²) in [6.07, 6.45) is 0. The second kappa shape index (κ2) is 7.01. The number of pyridine rings is 1. The van der Waals surface area contributed by atoms with Gasteiger partial charge in [-0.3, -0.25) is 9.36 Å². The highest BCUT2D eigenvalue weighted by Gasteiger charge is 2.11. The predicted octanol–water partition coefficient (Wildman–Crippen LogP) is 1.94. The van der Waals surface area contributed by atoms with Gasteiger partial charge in [0.15, 0.2) is 0 Å². The summed E-state index contributed by atoms with van der Waals surface area (Å²) in [6, 6.07) is 10.5. The van der Waals surface area contributed by atoms with E-state index in [2.05, 4.69) is 15.3 Å². The highest BCUT2D eigenvalue weighted by molar-refractivity contribution is 5.79. The predicted molar refractivity (Wildman–Crippen MR) is 105 cm³/mol. The normalized spacial score (nSPS) is 10.8. The number of benzene rings is 1. The van der Waals surface area contributed by atoms with Gasteiger partial charge in [0.2, 0.25) is 5.95 Å². The van der Waals surface area contributed by atoms with Crippen molar-refractivity contribution in [2.24, 2.45) is 7.05 Å². The number of hydrogen-bond acceptors (Lipinski definition) is 7. The zero-order chi connectivity index (χ0) is 18.8. The van der Waals surface area contributed by atoms with Crippen molar-refractivity contribution >= 4 is 28.4 Å². The molecule has 3 aromatic rings. The number of hydrogen-bond donors (Lipinski definition) is 1. The molecular formula is C18H21N6O2-. The lowest BCUT2D eigenvalue weighted by Gasteiger charge is -2.31. The third-order valence-corrected chi connectivity index (χ3v) is 4.22. The van der Waals surface area contributed by atoms with Crippen LogP contribution in [0.3, 0.4) is 0 Å². The van der Waals surface area contributed by atoms with Gasteiger partial charge in [0.1, 0.15) is 5.65 Å². The molecule has 0 saturated carbocycles.